The average molecular weight is 281 g/mol. The lowest BCUT2D eigenvalue weighted by molar-refractivity contribution is -0.124. The molecule has 104 valence electrons. The van der Waals surface area contributed by atoms with Gasteiger partial charge >= 0.3 is 0 Å². The number of sulfonamides is 1. The number of ketones is 1. The lowest BCUT2D eigenvalue weighted by Gasteiger charge is -2.29. The Balaban J connectivity index is 2.37. The highest BCUT2D eigenvalue weighted by atomic mass is 32.2. The topological polar surface area (TPSA) is 54.5 Å². The van der Waals surface area contributed by atoms with E-state index in [1.54, 1.807) is 19.9 Å². The van der Waals surface area contributed by atoms with Crippen molar-refractivity contribution in [1.82, 2.24) is 4.31 Å². The van der Waals surface area contributed by atoms with Gasteiger partial charge in [0.2, 0.25) is 10.0 Å². The van der Waals surface area contributed by atoms with E-state index in [1.807, 2.05) is 19.1 Å². The lowest BCUT2D eigenvalue weighted by Crippen LogP contribution is -2.43. The molecule has 0 aromatic heterocycles. The van der Waals surface area contributed by atoms with Crippen LogP contribution in [0.5, 0.6) is 0 Å². The Hall–Kier alpha value is -1.20. The van der Waals surface area contributed by atoms with Gasteiger partial charge in [-0.1, -0.05) is 19.1 Å². The second-order valence-corrected chi connectivity index (χ2v) is 7.16. The fourth-order valence-electron chi connectivity index (χ4n) is 2.32. The fraction of sp³-hybridized carbons (Fsp3) is 0.500. The highest BCUT2D eigenvalue weighted by Gasteiger charge is 2.33. The molecule has 1 aliphatic rings. The minimum Gasteiger partial charge on any atom is -0.299 e. The van der Waals surface area contributed by atoms with Crippen molar-refractivity contribution < 1.29 is 13.2 Å². The molecular formula is C14H19NO3S. The van der Waals surface area contributed by atoms with Gasteiger partial charge < -0.3 is 0 Å². The Kier molecular flexibility index (Phi) is 3.78. The molecule has 0 bridgehead atoms. The standard InChI is InChI=1S/C14H19NO3S/c1-10-4-5-11(2)14(8-10)19(17,18)15-7-6-13(16)12(3)9-15/h4-5,8,12H,6-7,9H2,1-3H3. The molecule has 1 aromatic rings. The van der Waals surface area contributed by atoms with Crippen molar-refractivity contribution in [2.45, 2.75) is 32.1 Å². The van der Waals surface area contributed by atoms with Crippen LogP contribution in [0.1, 0.15) is 24.5 Å². The molecule has 1 unspecified atom stereocenters. The Morgan fingerprint density at radius 1 is 1.26 bits per heavy atom. The van der Waals surface area contributed by atoms with Crippen molar-refractivity contribution in [3.8, 4) is 0 Å². The number of benzene rings is 1. The first-order valence-corrected chi connectivity index (χ1v) is 7.86. The summed E-state index contributed by atoms with van der Waals surface area (Å²) >= 11 is 0. The number of hydrogen-bond donors (Lipinski definition) is 0. The van der Waals surface area contributed by atoms with Gasteiger partial charge in [0, 0.05) is 25.4 Å². The van der Waals surface area contributed by atoms with E-state index in [0.29, 0.717) is 17.9 Å². The second-order valence-electron chi connectivity index (χ2n) is 5.25. The lowest BCUT2D eigenvalue weighted by atomic mass is 10.0. The smallest absolute Gasteiger partial charge is 0.243 e. The second kappa shape index (κ2) is 5.06. The average Bonchev–Trinajstić information content (AvgIpc) is 2.35. The molecule has 1 fully saturated rings. The molecule has 1 aromatic carbocycles. The fourth-order valence-corrected chi connectivity index (χ4v) is 4.16. The molecule has 0 spiro atoms. The summed E-state index contributed by atoms with van der Waals surface area (Å²) in [7, 11) is -3.49. The summed E-state index contributed by atoms with van der Waals surface area (Å²) in [6, 6.07) is 5.42. The number of piperidine rings is 1. The van der Waals surface area contributed by atoms with Crippen LogP contribution in [-0.2, 0) is 14.8 Å². The third kappa shape index (κ3) is 2.72. The van der Waals surface area contributed by atoms with Gasteiger partial charge in [0.1, 0.15) is 5.78 Å². The van der Waals surface area contributed by atoms with E-state index in [1.165, 1.54) is 4.31 Å². The molecule has 0 radical (unpaired) electrons. The Bertz CT molecular complexity index is 607. The first-order chi connectivity index (χ1) is 8.82. The van der Waals surface area contributed by atoms with Crippen molar-refractivity contribution in [3.05, 3.63) is 29.3 Å². The van der Waals surface area contributed by atoms with Gasteiger partial charge in [-0.15, -0.1) is 0 Å². The Labute approximate surface area is 114 Å². The zero-order valence-electron chi connectivity index (χ0n) is 11.5. The first kappa shape index (κ1) is 14.2. The summed E-state index contributed by atoms with van der Waals surface area (Å²) in [6.45, 7) is 6.03. The highest BCUT2D eigenvalue weighted by molar-refractivity contribution is 7.89. The monoisotopic (exact) mass is 281 g/mol. The SMILES string of the molecule is Cc1ccc(C)c(S(=O)(=O)N2CCC(=O)C(C)C2)c1. The molecule has 0 N–H and O–H groups in total. The quantitative estimate of drug-likeness (QED) is 0.832. The van der Waals surface area contributed by atoms with Crippen LogP contribution < -0.4 is 0 Å². The number of hydrogen-bond acceptors (Lipinski definition) is 3. The summed E-state index contributed by atoms with van der Waals surface area (Å²) in [5.41, 5.74) is 1.67. The zero-order chi connectivity index (χ0) is 14.2. The van der Waals surface area contributed by atoms with Crippen LogP contribution >= 0.6 is 0 Å². The number of nitrogens with zero attached hydrogens (tertiary/aromatic N) is 1. The number of aryl methyl sites for hydroxylation is 2. The van der Waals surface area contributed by atoms with E-state index < -0.39 is 10.0 Å². The third-order valence-corrected chi connectivity index (χ3v) is 5.60. The molecule has 1 saturated heterocycles. The zero-order valence-corrected chi connectivity index (χ0v) is 12.3. The van der Waals surface area contributed by atoms with Gasteiger partial charge in [0.05, 0.1) is 4.90 Å². The van der Waals surface area contributed by atoms with Crippen LogP contribution in [0.3, 0.4) is 0 Å². The number of Topliss-reactive ketones (excluding diaryl/α,β-unsaturated/α-hetero) is 1. The molecule has 19 heavy (non-hydrogen) atoms. The molecule has 1 aliphatic heterocycles. The molecular weight excluding hydrogens is 262 g/mol. The first-order valence-electron chi connectivity index (χ1n) is 6.42. The minimum absolute atomic E-state index is 0.146. The van der Waals surface area contributed by atoms with E-state index in [-0.39, 0.29) is 18.2 Å². The predicted molar refractivity (Wildman–Crippen MR) is 73.5 cm³/mol. The van der Waals surface area contributed by atoms with Crippen LogP contribution in [0.15, 0.2) is 23.1 Å². The van der Waals surface area contributed by atoms with Crippen LogP contribution in [0, 0.1) is 19.8 Å². The maximum atomic E-state index is 12.6. The Morgan fingerprint density at radius 2 is 1.95 bits per heavy atom. The third-order valence-electron chi connectivity index (χ3n) is 3.60. The normalized spacial score (nSPS) is 21.6. The molecule has 1 atom stereocenters. The van der Waals surface area contributed by atoms with Crippen LogP contribution in [0.2, 0.25) is 0 Å². The van der Waals surface area contributed by atoms with Crippen LogP contribution in [0.25, 0.3) is 0 Å². The van der Waals surface area contributed by atoms with Crippen LogP contribution in [0.4, 0.5) is 0 Å². The van der Waals surface area contributed by atoms with Gasteiger partial charge in [-0.3, -0.25) is 4.79 Å². The molecule has 2 rings (SSSR count). The molecule has 1 heterocycles. The van der Waals surface area contributed by atoms with Gasteiger partial charge in [0.25, 0.3) is 0 Å². The van der Waals surface area contributed by atoms with E-state index in [4.69, 9.17) is 0 Å². The predicted octanol–water partition coefficient (Wildman–Crippen LogP) is 1.90. The summed E-state index contributed by atoms with van der Waals surface area (Å²) in [5, 5.41) is 0. The summed E-state index contributed by atoms with van der Waals surface area (Å²) in [6.07, 6.45) is 0.311. The molecule has 0 aliphatic carbocycles. The molecule has 0 amide bonds. The maximum absolute atomic E-state index is 12.6. The van der Waals surface area contributed by atoms with Crippen molar-refractivity contribution in [3.63, 3.8) is 0 Å². The summed E-state index contributed by atoms with van der Waals surface area (Å²) in [5.74, 6) is -0.0685. The van der Waals surface area contributed by atoms with Gasteiger partial charge in [0.15, 0.2) is 0 Å². The Morgan fingerprint density at radius 3 is 2.58 bits per heavy atom. The van der Waals surface area contributed by atoms with E-state index >= 15 is 0 Å². The molecule has 5 heteroatoms. The summed E-state index contributed by atoms with van der Waals surface area (Å²) < 4.78 is 26.7. The van der Waals surface area contributed by atoms with Crippen molar-refractivity contribution in [1.29, 1.82) is 0 Å². The van der Waals surface area contributed by atoms with Crippen molar-refractivity contribution >= 4 is 15.8 Å². The summed E-state index contributed by atoms with van der Waals surface area (Å²) in [4.78, 5) is 11.9. The van der Waals surface area contributed by atoms with Gasteiger partial charge in [-0.25, -0.2) is 8.42 Å². The number of carbonyl (C=O) groups excluding carboxylic acids is 1. The van der Waals surface area contributed by atoms with E-state index in [9.17, 15) is 13.2 Å². The van der Waals surface area contributed by atoms with Crippen molar-refractivity contribution in [2.75, 3.05) is 13.1 Å². The number of carbonyl (C=O) groups is 1. The van der Waals surface area contributed by atoms with E-state index in [2.05, 4.69) is 0 Å². The van der Waals surface area contributed by atoms with Crippen LogP contribution in [-0.4, -0.2) is 31.6 Å². The van der Waals surface area contributed by atoms with Gasteiger partial charge in [-0.05, 0) is 31.0 Å². The molecule has 0 saturated carbocycles. The van der Waals surface area contributed by atoms with Crippen molar-refractivity contribution in [2.24, 2.45) is 5.92 Å². The largest absolute Gasteiger partial charge is 0.299 e. The maximum Gasteiger partial charge on any atom is 0.243 e. The molecule has 4 nitrogen and oxygen atoms in total. The van der Waals surface area contributed by atoms with Gasteiger partial charge in [-0.2, -0.15) is 4.31 Å². The highest BCUT2D eigenvalue weighted by Crippen LogP contribution is 2.24. The minimum atomic E-state index is -3.49. The number of rotatable bonds is 2. The van der Waals surface area contributed by atoms with E-state index in [0.717, 1.165) is 11.1 Å².